The van der Waals surface area contributed by atoms with E-state index < -0.39 is 39.8 Å². The molecule has 2 heterocycles. The largest absolute Gasteiger partial charge is 0.268 e. The number of imide groups is 2. The molecule has 332 valence electrons. The molecule has 10 aromatic rings. The van der Waals surface area contributed by atoms with Gasteiger partial charge in [-0.25, -0.2) is 9.80 Å². The van der Waals surface area contributed by atoms with E-state index in [0.29, 0.717) is 22.1 Å². The lowest BCUT2D eigenvalue weighted by Crippen LogP contribution is -2.74. The number of amides is 4. The van der Waals surface area contributed by atoms with Crippen molar-refractivity contribution in [3.05, 3.63) is 277 Å². The van der Waals surface area contributed by atoms with Crippen molar-refractivity contribution in [2.75, 3.05) is 9.80 Å². The van der Waals surface area contributed by atoms with Crippen LogP contribution in [0.25, 0.3) is 10.8 Å². The van der Waals surface area contributed by atoms with Crippen LogP contribution in [0.2, 0.25) is 0 Å². The first-order valence-electron chi connectivity index (χ1n) is 23.3. The Labute approximate surface area is 407 Å². The molecule has 8 heteroatoms. The van der Waals surface area contributed by atoms with E-state index in [1.807, 2.05) is 60.7 Å². The van der Waals surface area contributed by atoms with Gasteiger partial charge in [0.1, 0.15) is 0 Å². The lowest BCUT2D eigenvalue weighted by atomic mass is 9.85. The van der Waals surface area contributed by atoms with Crippen LogP contribution in [0.1, 0.15) is 41.4 Å². The lowest BCUT2D eigenvalue weighted by Gasteiger charge is -2.35. The van der Waals surface area contributed by atoms with Crippen LogP contribution >= 0.6 is 0 Å². The summed E-state index contributed by atoms with van der Waals surface area (Å²) in [5.41, 5.74) is 1.87. The first-order valence-corrected chi connectivity index (χ1v) is 27.3. The quantitative estimate of drug-likeness (QED) is 0.0828. The molecule has 2 aliphatic rings. The van der Waals surface area contributed by atoms with E-state index in [4.69, 9.17) is 0 Å². The van der Waals surface area contributed by atoms with Gasteiger partial charge in [0.15, 0.2) is 16.1 Å². The molecule has 2 aliphatic heterocycles. The standard InChI is InChI=1S/C62H42N2O4Si2/c65-59-53-39-41-55-58-56(62(68)64(61(55)67)44-33-37-52(38-34-44)70(48-25-13-4-14-26-48,49-27-15-5-16-28-49)50-29-17-6-18-30-50)42-40-54(57(53)58)60(66)63(59)43-31-35-51(36-32-43)69(45-19-7-1-8-20-45,46-21-9-2-10-22-46)47-23-11-3-12-24-47/h1-42H. The molecule has 0 saturated carbocycles. The summed E-state index contributed by atoms with van der Waals surface area (Å²) in [5.74, 6) is -2.08. The van der Waals surface area contributed by atoms with Gasteiger partial charge in [-0.05, 0) is 90.0 Å². The number of carbonyl (C=O) groups excluding carboxylic acids is 4. The minimum atomic E-state index is -2.87. The molecule has 0 bridgehead atoms. The Balaban J connectivity index is 0.909. The van der Waals surface area contributed by atoms with E-state index in [0.717, 1.165) is 10.4 Å². The van der Waals surface area contributed by atoms with Crippen LogP contribution in [0.15, 0.2) is 255 Å². The maximum atomic E-state index is 14.7. The Hall–Kier alpha value is -8.83. The summed E-state index contributed by atoms with van der Waals surface area (Å²) < 4.78 is 0. The Morgan fingerprint density at radius 1 is 0.214 bits per heavy atom. The predicted molar refractivity (Wildman–Crippen MR) is 286 cm³/mol. The van der Waals surface area contributed by atoms with Crippen molar-refractivity contribution >= 4 is 103 Å². The number of benzene rings is 10. The van der Waals surface area contributed by atoms with E-state index in [9.17, 15) is 19.2 Å². The molecule has 10 aromatic carbocycles. The normalized spacial score (nSPS) is 13.5. The molecule has 0 fully saturated rings. The number of hydrogen-bond donors (Lipinski definition) is 0. The van der Waals surface area contributed by atoms with E-state index in [1.54, 1.807) is 24.3 Å². The minimum absolute atomic E-state index is 0.253. The highest BCUT2D eigenvalue weighted by Gasteiger charge is 2.45. The van der Waals surface area contributed by atoms with Crippen LogP contribution < -0.4 is 51.3 Å². The second-order valence-corrected chi connectivity index (χ2v) is 25.4. The summed E-state index contributed by atoms with van der Waals surface area (Å²) >= 11 is 0. The average molecular weight is 935 g/mol. The number of nitrogens with zero attached hydrogens (tertiary/aromatic N) is 2. The van der Waals surface area contributed by atoms with E-state index in [-0.39, 0.29) is 22.3 Å². The van der Waals surface area contributed by atoms with E-state index in [1.165, 1.54) is 40.9 Å². The van der Waals surface area contributed by atoms with Crippen LogP contribution in [0, 0.1) is 0 Å². The van der Waals surface area contributed by atoms with E-state index in [2.05, 4.69) is 170 Å². The zero-order valence-electron chi connectivity index (χ0n) is 37.8. The summed E-state index contributed by atoms with van der Waals surface area (Å²) in [6.45, 7) is 0. The Kier molecular flexibility index (Phi) is 10.4. The van der Waals surface area contributed by atoms with Crippen LogP contribution in [0.3, 0.4) is 0 Å². The van der Waals surface area contributed by atoms with E-state index >= 15 is 0 Å². The van der Waals surface area contributed by atoms with Gasteiger partial charge in [0, 0.05) is 33.0 Å². The fourth-order valence-electron chi connectivity index (χ4n) is 11.2. The summed E-state index contributed by atoms with van der Waals surface area (Å²) in [6, 6.07) is 85.4. The molecular weight excluding hydrogens is 893 g/mol. The maximum absolute atomic E-state index is 14.7. The summed E-state index contributed by atoms with van der Waals surface area (Å²) in [4.78, 5) is 61.2. The van der Waals surface area contributed by atoms with Crippen LogP contribution in [-0.4, -0.2) is 39.8 Å². The van der Waals surface area contributed by atoms with Gasteiger partial charge in [0.05, 0.1) is 11.4 Å². The first-order chi connectivity index (χ1) is 34.4. The van der Waals surface area contributed by atoms with Crippen molar-refractivity contribution in [1.82, 2.24) is 0 Å². The van der Waals surface area contributed by atoms with Gasteiger partial charge in [-0.2, -0.15) is 0 Å². The molecule has 0 saturated heterocycles. The van der Waals surface area contributed by atoms with Gasteiger partial charge in [-0.1, -0.05) is 206 Å². The SMILES string of the molecule is O=C1c2ccc3c4c(ccc(c24)C(=O)N1c1ccc([Si](c2ccccc2)(c2ccccc2)c2ccccc2)cc1)C(=O)N(c1ccc([Si](c2ccccc2)(c2ccccc2)c2ccccc2)cc1)C3=O. The maximum Gasteiger partial charge on any atom is 0.265 e. The predicted octanol–water partition coefficient (Wildman–Crippen LogP) is 7.20. The highest BCUT2D eigenvalue weighted by atomic mass is 28.3. The van der Waals surface area contributed by atoms with Crippen molar-refractivity contribution < 1.29 is 19.2 Å². The third-order valence-corrected chi connectivity index (χ3v) is 23.8. The monoisotopic (exact) mass is 934 g/mol. The number of hydrogen-bond acceptors (Lipinski definition) is 4. The third kappa shape index (κ3) is 6.38. The van der Waals surface area contributed by atoms with Crippen molar-refractivity contribution in [2.24, 2.45) is 0 Å². The molecule has 0 N–H and O–H groups in total. The highest BCUT2D eigenvalue weighted by molar-refractivity contribution is 7.20. The molecule has 6 nitrogen and oxygen atoms in total. The summed E-state index contributed by atoms with van der Waals surface area (Å²) in [7, 11) is -5.73. The minimum Gasteiger partial charge on any atom is -0.268 e. The fraction of sp³-hybridized carbons (Fsp3) is 0. The van der Waals surface area contributed by atoms with Crippen molar-refractivity contribution in [3.8, 4) is 0 Å². The number of rotatable bonds is 10. The Bertz CT molecular complexity index is 3140. The molecule has 0 unspecified atom stereocenters. The first kappa shape index (κ1) is 42.5. The fourth-order valence-corrected chi connectivity index (χ4v) is 20.7. The molecule has 0 aliphatic carbocycles. The molecule has 0 aromatic heterocycles. The lowest BCUT2D eigenvalue weighted by molar-refractivity contribution is 0.0873. The van der Waals surface area contributed by atoms with Gasteiger partial charge < -0.3 is 0 Å². The second-order valence-electron chi connectivity index (χ2n) is 17.8. The Morgan fingerprint density at radius 3 is 0.600 bits per heavy atom. The number of anilines is 2. The van der Waals surface area contributed by atoms with Crippen LogP contribution in [-0.2, 0) is 0 Å². The van der Waals surface area contributed by atoms with Gasteiger partial charge in [0.2, 0.25) is 0 Å². The smallest absolute Gasteiger partial charge is 0.265 e. The molecule has 0 radical (unpaired) electrons. The van der Waals surface area contributed by atoms with Gasteiger partial charge >= 0.3 is 0 Å². The van der Waals surface area contributed by atoms with Crippen molar-refractivity contribution in [1.29, 1.82) is 0 Å². The summed E-state index contributed by atoms with van der Waals surface area (Å²) in [6.07, 6.45) is 0. The zero-order valence-corrected chi connectivity index (χ0v) is 39.8. The topological polar surface area (TPSA) is 74.8 Å². The highest BCUT2D eigenvalue weighted by Crippen LogP contribution is 2.40. The molecule has 4 amide bonds. The summed E-state index contributed by atoms with van der Waals surface area (Å²) in [5, 5.41) is 10.1. The van der Waals surface area contributed by atoms with Crippen LogP contribution in [0.5, 0.6) is 0 Å². The van der Waals surface area contributed by atoms with Gasteiger partial charge in [0.25, 0.3) is 23.6 Å². The van der Waals surface area contributed by atoms with Gasteiger partial charge in [-0.3, -0.25) is 19.2 Å². The van der Waals surface area contributed by atoms with Gasteiger partial charge in [-0.15, -0.1) is 0 Å². The molecule has 12 rings (SSSR count). The molecular formula is C62H42N2O4Si2. The molecule has 70 heavy (non-hydrogen) atoms. The van der Waals surface area contributed by atoms with Crippen molar-refractivity contribution in [3.63, 3.8) is 0 Å². The van der Waals surface area contributed by atoms with Crippen molar-refractivity contribution in [2.45, 2.75) is 0 Å². The molecule has 0 spiro atoms. The van der Waals surface area contributed by atoms with Crippen LogP contribution in [0.4, 0.5) is 11.4 Å². The number of carbonyl (C=O) groups is 4. The second kappa shape index (κ2) is 17.0. The zero-order chi connectivity index (χ0) is 47.4. The Morgan fingerprint density at radius 2 is 0.400 bits per heavy atom. The average Bonchev–Trinajstić information content (AvgIpc) is 3.43. The molecule has 0 atom stereocenters. The third-order valence-electron chi connectivity index (χ3n) is 14.3.